The Morgan fingerprint density at radius 1 is 1.39 bits per heavy atom. The lowest BCUT2D eigenvalue weighted by Gasteiger charge is -2.09. The van der Waals surface area contributed by atoms with Gasteiger partial charge in [0.05, 0.1) is 5.56 Å². The second kappa shape index (κ2) is 6.88. The zero-order valence-corrected chi connectivity index (χ0v) is 12.9. The summed E-state index contributed by atoms with van der Waals surface area (Å²) < 4.78 is 13.8. The molecule has 0 fully saturated rings. The molecule has 0 aliphatic heterocycles. The van der Waals surface area contributed by atoms with Crippen LogP contribution in [0.1, 0.15) is 22.3 Å². The van der Waals surface area contributed by atoms with Gasteiger partial charge in [-0.3, -0.25) is 14.4 Å². The van der Waals surface area contributed by atoms with Gasteiger partial charge in [-0.2, -0.15) is 5.26 Å². The lowest BCUT2D eigenvalue weighted by molar-refractivity contribution is 0.421. The van der Waals surface area contributed by atoms with Crippen LogP contribution in [0.25, 0.3) is 0 Å². The Labute approximate surface area is 133 Å². The Hall–Kier alpha value is -2.94. The number of pyridine rings is 1. The molecule has 1 aromatic carbocycles. The molecule has 0 unspecified atom stereocenters. The molecule has 0 radical (unpaired) electrons. The van der Waals surface area contributed by atoms with Crippen LogP contribution in [0.3, 0.4) is 0 Å². The predicted molar refractivity (Wildman–Crippen MR) is 85.4 cm³/mol. The average molecular weight is 313 g/mol. The van der Waals surface area contributed by atoms with Crippen molar-refractivity contribution in [3.63, 3.8) is 0 Å². The third-order valence-electron chi connectivity index (χ3n) is 3.63. The molecule has 2 rings (SSSR count). The molecule has 0 amide bonds. The van der Waals surface area contributed by atoms with E-state index in [9.17, 15) is 14.3 Å². The molecule has 2 aromatic rings. The number of hydrogen-bond donors (Lipinski definition) is 1. The summed E-state index contributed by atoms with van der Waals surface area (Å²) in [4.78, 5) is 16.1. The van der Waals surface area contributed by atoms with E-state index in [1.165, 1.54) is 25.4 Å². The van der Waals surface area contributed by atoms with Crippen LogP contribution >= 0.6 is 0 Å². The quantitative estimate of drug-likeness (QED) is 0.878. The van der Waals surface area contributed by atoms with Gasteiger partial charge >= 0.3 is 0 Å². The predicted octanol–water partition coefficient (Wildman–Crippen LogP) is 2.07. The molecule has 0 saturated carbocycles. The number of nitriles is 1. The Kier molecular flexibility index (Phi) is 4.91. The first-order chi connectivity index (χ1) is 11.0. The maximum absolute atomic E-state index is 12.8. The van der Waals surface area contributed by atoms with Crippen molar-refractivity contribution in [2.45, 2.75) is 13.3 Å². The molecule has 23 heavy (non-hydrogen) atoms. The molecule has 1 aromatic heterocycles. The molecular formula is C17H16FN3O2. The van der Waals surface area contributed by atoms with Crippen molar-refractivity contribution in [1.82, 2.24) is 4.57 Å². The van der Waals surface area contributed by atoms with Gasteiger partial charge in [0, 0.05) is 19.8 Å². The van der Waals surface area contributed by atoms with Gasteiger partial charge in [-0.05, 0) is 36.6 Å². The maximum atomic E-state index is 12.8. The van der Waals surface area contributed by atoms with Crippen LogP contribution in [0, 0.1) is 24.1 Å². The van der Waals surface area contributed by atoms with Crippen LogP contribution in [-0.2, 0) is 13.5 Å². The summed E-state index contributed by atoms with van der Waals surface area (Å²) in [6.07, 6.45) is 2.07. The van der Waals surface area contributed by atoms with E-state index in [2.05, 4.69) is 4.99 Å². The lowest BCUT2D eigenvalue weighted by atomic mass is 10.1. The van der Waals surface area contributed by atoms with E-state index in [1.54, 1.807) is 19.1 Å². The highest BCUT2D eigenvalue weighted by Gasteiger charge is 2.15. The minimum atomic E-state index is -0.536. The first-order valence-corrected chi connectivity index (χ1v) is 7.02. The Bertz CT molecular complexity index is 846. The zero-order valence-electron chi connectivity index (χ0n) is 12.9. The lowest BCUT2D eigenvalue weighted by Crippen LogP contribution is -2.22. The maximum Gasteiger partial charge on any atom is 0.271 e. The Morgan fingerprint density at radius 2 is 2.04 bits per heavy atom. The van der Waals surface area contributed by atoms with E-state index in [1.807, 2.05) is 6.07 Å². The molecule has 1 heterocycles. The van der Waals surface area contributed by atoms with Gasteiger partial charge in [-0.25, -0.2) is 4.39 Å². The largest absolute Gasteiger partial charge is 0.494 e. The molecule has 0 aliphatic carbocycles. The molecule has 0 aliphatic rings. The molecule has 0 saturated heterocycles. The highest BCUT2D eigenvalue weighted by Crippen LogP contribution is 2.18. The summed E-state index contributed by atoms with van der Waals surface area (Å²) in [5, 5.41) is 19.1. The van der Waals surface area contributed by atoms with Gasteiger partial charge in [0.15, 0.2) is 0 Å². The van der Waals surface area contributed by atoms with E-state index < -0.39 is 5.56 Å². The van der Waals surface area contributed by atoms with Gasteiger partial charge in [0.25, 0.3) is 5.56 Å². The van der Waals surface area contributed by atoms with Crippen LogP contribution < -0.4 is 5.56 Å². The van der Waals surface area contributed by atoms with Crippen molar-refractivity contribution < 1.29 is 9.50 Å². The van der Waals surface area contributed by atoms with Crippen molar-refractivity contribution in [2.24, 2.45) is 12.0 Å². The molecule has 1 N–H and O–H groups in total. The number of benzene rings is 1. The number of rotatable bonds is 4. The van der Waals surface area contributed by atoms with Gasteiger partial charge in [-0.1, -0.05) is 12.1 Å². The highest BCUT2D eigenvalue weighted by molar-refractivity contribution is 5.85. The third kappa shape index (κ3) is 3.46. The monoisotopic (exact) mass is 313 g/mol. The van der Waals surface area contributed by atoms with E-state index in [4.69, 9.17) is 5.26 Å². The molecule has 6 heteroatoms. The van der Waals surface area contributed by atoms with Crippen molar-refractivity contribution in [1.29, 1.82) is 5.26 Å². The number of nitrogens with zero attached hydrogens (tertiary/aromatic N) is 3. The van der Waals surface area contributed by atoms with Crippen LogP contribution in [0.4, 0.5) is 4.39 Å². The molecule has 0 bridgehead atoms. The van der Waals surface area contributed by atoms with Gasteiger partial charge in [-0.15, -0.1) is 0 Å². The van der Waals surface area contributed by atoms with Crippen LogP contribution in [0.15, 0.2) is 34.1 Å². The molecule has 118 valence electrons. The van der Waals surface area contributed by atoms with Gasteiger partial charge < -0.3 is 5.11 Å². The van der Waals surface area contributed by atoms with E-state index >= 15 is 0 Å². The Morgan fingerprint density at radius 3 is 2.65 bits per heavy atom. The minimum Gasteiger partial charge on any atom is -0.494 e. The van der Waals surface area contributed by atoms with E-state index in [-0.39, 0.29) is 17.3 Å². The summed E-state index contributed by atoms with van der Waals surface area (Å²) in [7, 11) is 1.40. The summed E-state index contributed by atoms with van der Waals surface area (Å²) in [6, 6.07) is 8.01. The standard InChI is InChI=1S/C17H16FN3O2/c1-11-14(9-19)16(22)21(2)17(23)15(11)10-20-8-7-12-3-5-13(18)6-4-12/h3-6,10,23H,7-8H2,1-2H3. The number of aromatic hydroxyl groups is 1. The smallest absolute Gasteiger partial charge is 0.271 e. The van der Waals surface area contributed by atoms with Gasteiger partial charge in [0.1, 0.15) is 17.4 Å². The fourth-order valence-electron chi connectivity index (χ4n) is 2.19. The number of halogens is 1. The summed E-state index contributed by atoms with van der Waals surface area (Å²) in [6.45, 7) is 2.04. The first-order valence-electron chi connectivity index (χ1n) is 7.02. The SMILES string of the molecule is Cc1c(C=NCCc2ccc(F)cc2)c(O)n(C)c(=O)c1C#N. The molecule has 0 spiro atoms. The topological polar surface area (TPSA) is 78.4 Å². The number of hydrogen-bond acceptors (Lipinski definition) is 4. The molecular weight excluding hydrogens is 297 g/mol. The van der Waals surface area contributed by atoms with Crippen molar-refractivity contribution in [2.75, 3.05) is 6.54 Å². The van der Waals surface area contributed by atoms with Crippen molar-refractivity contribution >= 4 is 6.21 Å². The van der Waals surface area contributed by atoms with Crippen LogP contribution in [-0.4, -0.2) is 22.4 Å². The van der Waals surface area contributed by atoms with E-state index in [0.29, 0.717) is 24.1 Å². The zero-order chi connectivity index (χ0) is 17.0. The van der Waals surface area contributed by atoms with E-state index in [0.717, 1.165) is 10.1 Å². The summed E-state index contributed by atoms with van der Waals surface area (Å²) in [5.74, 6) is -0.510. The highest BCUT2D eigenvalue weighted by atomic mass is 19.1. The number of aromatic nitrogens is 1. The normalized spacial score (nSPS) is 10.9. The fraction of sp³-hybridized carbons (Fsp3) is 0.235. The van der Waals surface area contributed by atoms with Crippen molar-refractivity contribution in [3.05, 3.63) is 62.7 Å². The molecule has 5 nitrogen and oxygen atoms in total. The minimum absolute atomic E-state index is 0.00900. The average Bonchev–Trinajstić information content (AvgIpc) is 2.54. The van der Waals surface area contributed by atoms with Crippen molar-refractivity contribution in [3.8, 4) is 11.9 Å². The molecule has 0 atom stereocenters. The summed E-state index contributed by atoms with van der Waals surface area (Å²) >= 11 is 0. The summed E-state index contributed by atoms with van der Waals surface area (Å²) in [5.41, 5.74) is 1.15. The second-order valence-corrected chi connectivity index (χ2v) is 5.13. The van der Waals surface area contributed by atoms with Crippen LogP contribution in [0.2, 0.25) is 0 Å². The fourth-order valence-corrected chi connectivity index (χ4v) is 2.19. The Balaban J connectivity index is 2.20. The third-order valence-corrected chi connectivity index (χ3v) is 3.63. The van der Waals surface area contributed by atoms with Crippen LogP contribution in [0.5, 0.6) is 5.88 Å². The number of aliphatic imine (C=N–C) groups is 1. The second-order valence-electron chi connectivity index (χ2n) is 5.13. The first kappa shape index (κ1) is 16.4. The van der Waals surface area contributed by atoms with Gasteiger partial charge in [0.2, 0.25) is 5.88 Å².